The number of carbonyl (C=O) groups excluding carboxylic acids is 1. The van der Waals surface area contributed by atoms with Gasteiger partial charge in [0.2, 0.25) is 5.91 Å². The largest absolute Gasteiger partial charge is 0.381 e. The summed E-state index contributed by atoms with van der Waals surface area (Å²) < 4.78 is 5.38. The lowest BCUT2D eigenvalue weighted by atomic mass is 9.92. The van der Waals surface area contributed by atoms with Crippen LogP contribution in [0.3, 0.4) is 0 Å². The Bertz CT molecular complexity index is 672. The normalized spacial score (nSPS) is 22.8. The third kappa shape index (κ3) is 3.31. The SMILES string of the molecule is O=C(C1CCOCC1)N1CCC[C@@H](Cc2nc3ccccc3[nH]2)C1. The summed E-state index contributed by atoms with van der Waals surface area (Å²) >= 11 is 0. The van der Waals surface area contributed by atoms with Crippen molar-refractivity contribution in [2.75, 3.05) is 26.3 Å². The summed E-state index contributed by atoms with van der Waals surface area (Å²) in [4.78, 5) is 22.9. The van der Waals surface area contributed by atoms with E-state index in [1.807, 2.05) is 18.2 Å². The van der Waals surface area contributed by atoms with Crippen LogP contribution < -0.4 is 0 Å². The van der Waals surface area contributed by atoms with E-state index in [4.69, 9.17) is 9.72 Å². The van der Waals surface area contributed by atoms with Gasteiger partial charge in [0.1, 0.15) is 5.82 Å². The van der Waals surface area contributed by atoms with Crippen LogP contribution in [0.25, 0.3) is 11.0 Å². The summed E-state index contributed by atoms with van der Waals surface area (Å²) in [5, 5.41) is 0. The molecule has 0 unspecified atom stereocenters. The van der Waals surface area contributed by atoms with Crippen LogP contribution in [0.1, 0.15) is 31.5 Å². The molecule has 128 valence electrons. The van der Waals surface area contributed by atoms with Crippen molar-refractivity contribution in [1.29, 1.82) is 0 Å². The number of nitrogens with one attached hydrogen (secondary N) is 1. The molecule has 2 aromatic rings. The Labute approximate surface area is 142 Å². The van der Waals surface area contributed by atoms with Gasteiger partial charge in [0.05, 0.1) is 11.0 Å². The number of benzene rings is 1. The van der Waals surface area contributed by atoms with Crippen molar-refractivity contribution in [3.63, 3.8) is 0 Å². The predicted molar refractivity (Wildman–Crippen MR) is 92.6 cm³/mol. The number of carbonyl (C=O) groups is 1. The van der Waals surface area contributed by atoms with E-state index < -0.39 is 0 Å². The smallest absolute Gasteiger partial charge is 0.225 e. The van der Waals surface area contributed by atoms with E-state index in [0.29, 0.717) is 11.8 Å². The third-order valence-corrected chi connectivity index (χ3v) is 5.32. The lowest BCUT2D eigenvalue weighted by Gasteiger charge is -2.35. The minimum Gasteiger partial charge on any atom is -0.381 e. The lowest BCUT2D eigenvalue weighted by molar-refractivity contribution is -0.140. The van der Waals surface area contributed by atoms with Gasteiger partial charge in [-0.25, -0.2) is 4.98 Å². The standard InChI is InChI=1S/C19H25N3O2/c23-19(15-7-10-24-11-8-15)22-9-3-4-14(13-22)12-18-20-16-5-1-2-6-17(16)21-18/h1-2,5-6,14-15H,3-4,7-13H2,(H,20,21)/t14-/m0/s1. The highest BCUT2D eigenvalue weighted by Crippen LogP contribution is 2.25. The molecule has 1 atom stereocenters. The molecule has 2 aliphatic heterocycles. The van der Waals surface area contributed by atoms with Crippen LogP contribution in [0.4, 0.5) is 0 Å². The van der Waals surface area contributed by atoms with Crippen LogP contribution in [0.15, 0.2) is 24.3 Å². The van der Waals surface area contributed by atoms with Gasteiger partial charge < -0.3 is 14.6 Å². The molecule has 0 bridgehead atoms. The maximum Gasteiger partial charge on any atom is 0.225 e. The maximum atomic E-state index is 12.7. The van der Waals surface area contributed by atoms with E-state index in [1.54, 1.807) is 0 Å². The van der Waals surface area contributed by atoms with Gasteiger partial charge in [-0.1, -0.05) is 12.1 Å². The van der Waals surface area contributed by atoms with E-state index >= 15 is 0 Å². The van der Waals surface area contributed by atoms with Crippen molar-refractivity contribution in [1.82, 2.24) is 14.9 Å². The van der Waals surface area contributed by atoms with E-state index in [1.165, 1.54) is 6.42 Å². The van der Waals surface area contributed by atoms with Gasteiger partial charge in [0.15, 0.2) is 0 Å². The summed E-state index contributed by atoms with van der Waals surface area (Å²) in [7, 11) is 0. The van der Waals surface area contributed by atoms with Gasteiger partial charge >= 0.3 is 0 Å². The molecule has 1 aromatic heterocycles. The molecule has 0 spiro atoms. The number of nitrogens with zero attached hydrogens (tertiary/aromatic N) is 2. The number of piperidine rings is 1. The first-order chi connectivity index (χ1) is 11.8. The molecule has 1 N–H and O–H groups in total. The van der Waals surface area contributed by atoms with E-state index in [-0.39, 0.29) is 5.92 Å². The van der Waals surface area contributed by atoms with Crippen LogP contribution in [0.5, 0.6) is 0 Å². The molecule has 24 heavy (non-hydrogen) atoms. The van der Waals surface area contributed by atoms with Crippen molar-refractivity contribution in [2.45, 2.75) is 32.1 Å². The summed E-state index contributed by atoms with van der Waals surface area (Å²) in [5.41, 5.74) is 2.12. The zero-order valence-corrected chi connectivity index (χ0v) is 14.0. The molecule has 2 saturated heterocycles. The van der Waals surface area contributed by atoms with Crippen LogP contribution in [0, 0.1) is 11.8 Å². The molecular weight excluding hydrogens is 302 g/mol. The minimum absolute atomic E-state index is 0.170. The highest BCUT2D eigenvalue weighted by molar-refractivity contribution is 5.79. The van der Waals surface area contributed by atoms with Crippen molar-refractivity contribution in [2.24, 2.45) is 11.8 Å². The molecular formula is C19H25N3O2. The number of aromatic nitrogens is 2. The highest BCUT2D eigenvalue weighted by Gasteiger charge is 2.30. The number of hydrogen-bond acceptors (Lipinski definition) is 3. The van der Waals surface area contributed by atoms with Gasteiger partial charge in [-0.05, 0) is 43.7 Å². The van der Waals surface area contributed by atoms with Crippen molar-refractivity contribution < 1.29 is 9.53 Å². The Balaban J connectivity index is 1.40. The molecule has 5 heteroatoms. The molecule has 0 aliphatic carbocycles. The quantitative estimate of drug-likeness (QED) is 0.943. The number of ether oxygens (including phenoxy) is 1. The minimum atomic E-state index is 0.170. The molecule has 4 rings (SSSR count). The van der Waals surface area contributed by atoms with Crippen molar-refractivity contribution in [3.05, 3.63) is 30.1 Å². The molecule has 5 nitrogen and oxygen atoms in total. The Morgan fingerprint density at radius 3 is 2.92 bits per heavy atom. The number of aromatic amines is 1. The summed E-state index contributed by atoms with van der Waals surface area (Å²) in [6.07, 6.45) is 4.95. The number of imidazole rings is 1. The number of amides is 1. The number of rotatable bonds is 3. The van der Waals surface area contributed by atoms with Gasteiger partial charge in [0.25, 0.3) is 0 Å². The molecule has 1 aromatic carbocycles. The second kappa shape index (κ2) is 6.93. The number of hydrogen-bond donors (Lipinski definition) is 1. The van der Waals surface area contributed by atoms with Crippen LogP contribution >= 0.6 is 0 Å². The van der Waals surface area contributed by atoms with Crippen molar-refractivity contribution in [3.8, 4) is 0 Å². The average Bonchev–Trinajstić information content (AvgIpc) is 3.04. The fourth-order valence-electron chi connectivity index (χ4n) is 4.01. The molecule has 2 aliphatic rings. The number of H-pyrrole nitrogens is 1. The first kappa shape index (κ1) is 15.6. The van der Waals surface area contributed by atoms with Crippen LogP contribution in [-0.2, 0) is 16.0 Å². The first-order valence-corrected chi connectivity index (χ1v) is 9.10. The molecule has 0 radical (unpaired) electrons. The molecule has 0 saturated carbocycles. The summed E-state index contributed by atoms with van der Waals surface area (Å²) in [6, 6.07) is 8.14. The van der Waals surface area contributed by atoms with Gasteiger partial charge in [0, 0.05) is 38.6 Å². The third-order valence-electron chi connectivity index (χ3n) is 5.32. The monoisotopic (exact) mass is 327 g/mol. The molecule has 1 amide bonds. The fraction of sp³-hybridized carbons (Fsp3) is 0.579. The maximum absolute atomic E-state index is 12.7. The number of fused-ring (bicyclic) bond motifs is 1. The van der Waals surface area contributed by atoms with Gasteiger partial charge in [-0.3, -0.25) is 4.79 Å². The molecule has 2 fully saturated rings. The molecule has 3 heterocycles. The summed E-state index contributed by atoms with van der Waals surface area (Å²) in [5.74, 6) is 2.06. The van der Waals surface area contributed by atoms with E-state index in [9.17, 15) is 4.79 Å². The Kier molecular flexibility index (Phi) is 4.52. The van der Waals surface area contributed by atoms with Gasteiger partial charge in [-0.15, -0.1) is 0 Å². The first-order valence-electron chi connectivity index (χ1n) is 9.10. The second-order valence-corrected chi connectivity index (χ2v) is 7.08. The number of likely N-dealkylation sites (tertiary alicyclic amines) is 1. The lowest BCUT2D eigenvalue weighted by Crippen LogP contribution is -2.44. The van der Waals surface area contributed by atoms with E-state index in [2.05, 4.69) is 16.0 Å². The van der Waals surface area contributed by atoms with E-state index in [0.717, 1.165) is 68.8 Å². The highest BCUT2D eigenvalue weighted by atomic mass is 16.5. The Hall–Kier alpha value is -1.88. The van der Waals surface area contributed by atoms with Gasteiger partial charge in [-0.2, -0.15) is 0 Å². The number of para-hydroxylation sites is 2. The predicted octanol–water partition coefficient (Wildman–Crippen LogP) is 2.77. The second-order valence-electron chi connectivity index (χ2n) is 7.08. The zero-order chi connectivity index (χ0) is 16.4. The van der Waals surface area contributed by atoms with Crippen LogP contribution in [-0.4, -0.2) is 47.1 Å². The fourth-order valence-corrected chi connectivity index (χ4v) is 4.01. The van der Waals surface area contributed by atoms with Crippen LogP contribution in [0.2, 0.25) is 0 Å². The topological polar surface area (TPSA) is 58.2 Å². The zero-order valence-electron chi connectivity index (χ0n) is 14.0. The summed E-state index contributed by atoms with van der Waals surface area (Å²) in [6.45, 7) is 3.24. The average molecular weight is 327 g/mol. The Morgan fingerprint density at radius 2 is 2.08 bits per heavy atom. The van der Waals surface area contributed by atoms with Crippen molar-refractivity contribution >= 4 is 16.9 Å². The Morgan fingerprint density at radius 1 is 1.25 bits per heavy atom.